The minimum Gasteiger partial charge on any atom is -0.508 e. The third kappa shape index (κ3) is 2.99. The van der Waals surface area contributed by atoms with Crippen molar-refractivity contribution < 1.29 is 19.0 Å². The number of halogens is 2. The summed E-state index contributed by atoms with van der Waals surface area (Å²) in [4.78, 5) is 0. The molecule has 0 saturated carbocycles. The van der Waals surface area contributed by atoms with Gasteiger partial charge in [-0.15, -0.1) is 0 Å². The maximum atomic E-state index is 12.6. The molecule has 4 heteroatoms. The monoisotopic (exact) mass is 188 g/mol. The standard InChI is InChI=1S/C9H10F2O2/c10-9(11,6-12)5-7-1-3-8(13)4-2-7/h1-4,12-13H,5-6H2. The molecule has 0 saturated heterocycles. The minimum absolute atomic E-state index is 0.0380. The number of hydrogen-bond acceptors (Lipinski definition) is 2. The summed E-state index contributed by atoms with van der Waals surface area (Å²) < 4.78 is 25.3. The zero-order valence-electron chi connectivity index (χ0n) is 6.87. The molecule has 1 aromatic carbocycles. The molecule has 0 spiro atoms. The second-order valence-corrected chi connectivity index (χ2v) is 2.86. The topological polar surface area (TPSA) is 40.5 Å². The van der Waals surface area contributed by atoms with Crippen molar-refractivity contribution in [1.29, 1.82) is 0 Å². The highest BCUT2D eigenvalue weighted by Crippen LogP contribution is 2.20. The van der Waals surface area contributed by atoms with E-state index in [1.165, 1.54) is 24.3 Å². The lowest BCUT2D eigenvalue weighted by Crippen LogP contribution is -2.24. The quantitative estimate of drug-likeness (QED) is 0.755. The van der Waals surface area contributed by atoms with Gasteiger partial charge in [0, 0.05) is 6.42 Å². The lowest BCUT2D eigenvalue weighted by Gasteiger charge is -2.12. The molecule has 0 fully saturated rings. The second-order valence-electron chi connectivity index (χ2n) is 2.86. The smallest absolute Gasteiger partial charge is 0.274 e. The Kier molecular flexibility index (Phi) is 2.83. The molecule has 13 heavy (non-hydrogen) atoms. The van der Waals surface area contributed by atoms with Crippen LogP contribution in [0.5, 0.6) is 5.75 Å². The molecular formula is C9H10F2O2. The largest absolute Gasteiger partial charge is 0.508 e. The number of benzene rings is 1. The Bertz CT molecular complexity index is 269. The second kappa shape index (κ2) is 3.70. The SMILES string of the molecule is OCC(F)(F)Cc1ccc(O)cc1. The van der Waals surface area contributed by atoms with Crippen molar-refractivity contribution in [2.24, 2.45) is 0 Å². The first kappa shape index (κ1) is 9.92. The molecule has 2 nitrogen and oxygen atoms in total. The number of alkyl halides is 2. The Labute approximate surface area is 74.4 Å². The van der Waals surface area contributed by atoms with Gasteiger partial charge in [-0.2, -0.15) is 0 Å². The molecule has 72 valence electrons. The van der Waals surface area contributed by atoms with E-state index in [0.29, 0.717) is 5.56 Å². The molecule has 1 aromatic rings. The fraction of sp³-hybridized carbons (Fsp3) is 0.333. The van der Waals surface area contributed by atoms with Crippen LogP contribution >= 0.6 is 0 Å². The van der Waals surface area contributed by atoms with Gasteiger partial charge < -0.3 is 10.2 Å². The van der Waals surface area contributed by atoms with E-state index in [1.54, 1.807) is 0 Å². The van der Waals surface area contributed by atoms with Crippen molar-refractivity contribution in [2.75, 3.05) is 6.61 Å². The van der Waals surface area contributed by atoms with Gasteiger partial charge in [0.25, 0.3) is 5.92 Å². The van der Waals surface area contributed by atoms with E-state index in [1.807, 2.05) is 0 Å². The van der Waals surface area contributed by atoms with E-state index in [4.69, 9.17) is 10.2 Å². The number of phenols is 1. The lowest BCUT2D eigenvalue weighted by molar-refractivity contribution is -0.0488. The minimum atomic E-state index is -3.09. The van der Waals surface area contributed by atoms with E-state index in [-0.39, 0.29) is 5.75 Å². The van der Waals surface area contributed by atoms with E-state index in [9.17, 15) is 8.78 Å². The summed E-state index contributed by atoms with van der Waals surface area (Å²) in [5.74, 6) is -3.05. The van der Waals surface area contributed by atoms with Crippen molar-refractivity contribution in [2.45, 2.75) is 12.3 Å². The zero-order valence-corrected chi connectivity index (χ0v) is 6.87. The number of rotatable bonds is 3. The van der Waals surface area contributed by atoms with Gasteiger partial charge in [0.05, 0.1) is 0 Å². The number of aliphatic hydroxyl groups excluding tert-OH is 1. The summed E-state index contributed by atoms with van der Waals surface area (Å²) in [6, 6.07) is 5.48. The highest BCUT2D eigenvalue weighted by Gasteiger charge is 2.27. The van der Waals surface area contributed by atoms with E-state index in [0.717, 1.165) is 0 Å². The summed E-state index contributed by atoms with van der Waals surface area (Å²) in [5.41, 5.74) is 0.386. The number of phenolic OH excluding ortho intramolecular Hbond substituents is 1. The van der Waals surface area contributed by atoms with Crippen LogP contribution in [0.3, 0.4) is 0 Å². The van der Waals surface area contributed by atoms with Crippen LogP contribution in [0.25, 0.3) is 0 Å². The van der Waals surface area contributed by atoms with Crippen molar-refractivity contribution in [3.8, 4) is 5.75 Å². The predicted molar refractivity (Wildman–Crippen MR) is 43.8 cm³/mol. The Morgan fingerprint density at radius 3 is 2.15 bits per heavy atom. The third-order valence-electron chi connectivity index (χ3n) is 1.63. The molecule has 0 aromatic heterocycles. The van der Waals surface area contributed by atoms with E-state index >= 15 is 0 Å². The van der Waals surface area contributed by atoms with Crippen LogP contribution < -0.4 is 0 Å². The number of aliphatic hydroxyl groups is 1. The molecule has 0 amide bonds. The molecule has 2 N–H and O–H groups in total. The normalized spacial score (nSPS) is 11.6. The molecule has 0 atom stereocenters. The van der Waals surface area contributed by atoms with Crippen LogP contribution in [0.4, 0.5) is 8.78 Å². The maximum Gasteiger partial charge on any atom is 0.274 e. The number of hydrogen-bond donors (Lipinski definition) is 2. The van der Waals surface area contributed by atoms with Crippen LogP contribution in [0.2, 0.25) is 0 Å². The van der Waals surface area contributed by atoms with Crippen LogP contribution in [-0.4, -0.2) is 22.7 Å². The van der Waals surface area contributed by atoms with Crippen LogP contribution in [0.1, 0.15) is 5.56 Å². The lowest BCUT2D eigenvalue weighted by atomic mass is 10.1. The molecule has 0 radical (unpaired) electrons. The van der Waals surface area contributed by atoms with Crippen molar-refractivity contribution in [1.82, 2.24) is 0 Å². The Hall–Kier alpha value is -1.16. The van der Waals surface area contributed by atoms with Gasteiger partial charge in [-0.1, -0.05) is 12.1 Å². The van der Waals surface area contributed by atoms with Crippen LogP contribution in [-0.2, 0) is 6.42 Å². The molecule has 1 rings (SSSR count). The van der Waals surface area contributed by atoms with Crippen molar-refractivity contribution >= 4 is 0 Å². The third-order valence-corrected chi connectivity index (χ3v) is 1.63. The van der Waals surface area contributed by atoms with Gasteiger partial charge in [0.15, 0.2) is 0 Å². The fourth-order valence-corrected chi connectivity index (χ4v) is 0.968. The Balaban J connectivity index is 2.69. The fourth-order valence-electron chi connectivity index (χ4n) is 0.968. The molecule has 0 aliphatic heterocycles. The van der Waals surface area contributed by atoms with Gasteiger partial charge in [-0.25, -0.2) is 8.78 Å². The summed E-state index contributed by atoms with van der Waals surface area (Å²) in [6.07, 6.45) is -0.510. The van der Waals surface area contributed by atoms with Gasteiger partial charge in [-0.3, -0.25) is 0 Å². The van der Waals surface area contributed by atoms with Crippen LogP contribution in [0.15, 0.2) is 24.3 Å². The zero-order chi connectivity index (χ0) is 9.90. The highest BCUT2D eigenvalue weighted by molar-refractivity contribution is 5.26. The highest BCUT2D eigenvalue weighted by atomic mass is 19.3. The first-order valence-electron chi connectivity index (χ1n) is 3.80. The average Bonchev–Trinajstić information content (AvgIpc) is 2.09. The molecule has 0 aliphatic rings. The maximum absolute atomic E-state index is 12.6. The van der Waals surface area contributed by atoms with E-state index < -0.39 is 19.0 Å². The molecule has 0 heterocycles. The summed E-state index contributed by atoms with van der Waals surface area (Å²) >= 11 is 0. The molecular weight excluding hydrogens is 178 g/mol. The van der Waals surface area contributed by atoms with Gasteiger partial charge in [0.1, 0.15) is 12.4 Å². The summed E-state index contributed by atoms with van der Waals surface area (Å²) in [5, 5.41) is 17.2. The summed E-state index contributed by atoms with van der Waals surface area (Å²) in [6.45, 7) is -1.16. The van der Waals surface area contributed by atoms with Gasteiger partial charge >= 0.3 is 0 Å². The average molecular weight is 188 g/mol. The first-order valence-corrected chi connectivity index (χ1v) is 3.80. The predicted octanol–water partition coefficient (Wildman–Crippen LogP) is 1.56. The summed E-state index contributed by atoms with van der Waals surface area (Å²) in [7, 11) is 0. The Morgan fingerprint density at radius 1 is 1.15 bits per heavy atom. The molecule has 0 bridgehead atoms. The van der Waals surface area contributed by atoms with Crippen LogP contribution in [0, 0.1) is 0 Å². The van der Waals surface area contributed by atoms with E-state index in [2.05, 4.69) is 0 Å². The molecule has 0 unspecified atom stereocenters. The van der Waals surface area contributed by atoms with Gasteiger partial charge in [-0.05, 0) is 17.7 Å². The Morgan fingerprint density at radius 2 is 1.69 bits per heavy atom. The van der Waals surface area contributed by atoms with Crippen molar-refractivity contribution in [3.05, 3.63) is 29.8 Å². The van der Waals surface area contributed by atoms with Crippen molar-refractivity contribution in [3.63, 3.8) is 0 Å². The molecule has 0 aliphatic carbocycles. The van der Waals surface area contributed by atoms with Gasteiger partial charge in [0.2, 0.25) is 0 Å². The number of aromatic hydroxyl groups is 1. The first-order chi connectivity index (χ1) is 6.03.